The van der Waals surface area contributed by atoms with Gasteiger partial charge < -0.3 is 14.5 Å². The fourth-order valence-electron chi connectivity index (χ4n) is 3.07. The molecule has 0 atom stereocenters. The van der Waals surface area contributed by atoms with Crippen LogP contribution in [0.1, 0.15) is 13.3 Å². The topological polar surface area (TPSA) is 48.4 Å². The molecule has 0 bridgehead atoms. The molecule has 0 saturated carbocycles. The predicted octanol–water partition coefficient (Wildman–Crippen LogP) is 3.87. The van der Waals surface area contributed by atoms with Crippen LogP contribution in [0.25, 0.3) is 0 Å². The Morgan fingerprint density at radius 3 is 2.47 bits per heavy atom. The molecular weight excluding hydrogens is 444 g/mol. The average Bonchev–Trinajstić information content (AvgIpc) is 2.72. The number of hydrazone groups is 1. The first-order valence-corrected chi connectivity index (χ1v) is 10.4. The molecule has 6 nitrogen and oxygen atoms in total. The third-order valence-corrected chi connectivity index (χ3v) is 5.28. The lowest BCUT2D eigenvalue weighted by Crippen LogP contribution is -2.51. The average molecular weight is 469 g/mol. The minimum absolute atomic E-state index is 0.0937. The Labute approximate surface area is 184 Å². The summed E-state index contributed by atoms with van der Waals surface area (Å²) in [5, 5.41) is 5.78. The summed E-state index contributed by atoms with van der Waals surface area (Å²) < 4.78 is 43.0. The van der Waals surface area contributed by atoms with Gasteiger partial charge in [-0.3, -0.25) is 9.80 Å². The number of methoxy groups -OCH3 is 1. The Bertz CT molecular complexity index is 754. The molecule has 0 radical (unpaired) electrons. The van der Waals surface area contributed by atoms with Crippen LogP contribution in [0.5, 0.6) is 5.75 Å². The first-order chi connectivity index (χ1) is 14.2. The third-order valence-electron chi connectivity index (χ3n) is 4.66. The Hall–Kier alpha value is -1.87. The van der Waals surface area contributed by atoms with Crippen molar-refractivity contribution >= 4 is 40.5 Å². The normalized spacial score (nSPS) is 15.4. The molecule has 2 rings (SSSR count). The number of likely N-dealkylation sites (N-methyl/N-ethyl adjacent to an activating group) is 1. The molecule has 1 aromatic carbocycles. The number of hydrogen-bond donors (Lipinski definition) is 0. The zero-order valence-electron chi connectivity index (χ0n) is 16.9. The summed E-state index contributed by atoms with van der Waals surface area (Å²) in [7, 11) is 1.55. The predicted molar refractivity (Wildman–Crippen MR) is 113 cm³/mol. The monoisotopic (exact) mass is 468 g/mol. The molecule has 1 heterocycles. The largest absolute Gasteiger partial charge is 0.495 e. The lowest BCUT2D eigenvalue weighted by molar-refractivity contribution is -0.132. The van der Waals surface area contributed by atoms with E-state index in [1.54, 1.807) is 25.0 Å². The van der Waals surface area contributed by atoms with Crippen molar-refractivity contribution in [3.63, 3.8) is 0 Å². The Morgan fingerprint density at radius 1 is 1.27 bits per heavy atom. The van der Waals surface area contributed by atoms with E-state index >= 15 is 0 Å². The van der Waals surface area contributed by atoms with Crippen LogP contribution in [0, 0.1) is 0 Å². The van der Waals surface area contributed by atoms with Crippen molar-refractivity contribution in [3.05, 3.63) is 23.2 Å². The van der Waals surface area contributed by atoms with E-state index in [0.29, 0.717) is 43.5 Å². The summed E-state index contributed by atoms with van der Waals surface area (Å²) in [4.78, 5) is 16.4. The first kappa shape index (κ1) is 24.4. The molecule has 0 aliphatic carbocycles. The highest BCUT2D eigenvalue weighted by molar-refractivity contribution is 6.32. The number of piperazine rings is 1. The second kappa shape index (κ2) is 10.9. The number of benzene rings is 1. The van der Waals surface area contributed by atoms with Gasteiger partial charge in [0.2, 0.25) is 5.91 Å². The van der Waals surface area contributed by atoms with Crippen molar-refractivity contribution in [2.24, 2.45) is 5.10 Å². The summed E-state index contributed by atoms with van der Waals surface area (Å²) in [6.07, 6.45) is -5.58. The van der Waals surface area contributed by atoms with Crippen LogP contribution < -0.4 is 9.64 Å². The van der Waals surface area contributed by atoms with Crippen molar-refractivity contribution in [2.45, 2.75) is 19.5 Å². The fraction of sp³-hybridized carbons (Fsp3) is 0.579. The maximum atomic E-state index is 12.6. The van der Waals surface area contributed by atoms with Gasteiger partial charge in [-0.25, -0.2) is 0 Å². The molecule has 0 aromatic heterocycles. The SMILES string of the molecule is CCN(CC(=O)N1CCN(c2ccc(Cl)c(OC)c2)CC1)/N=C(\CCl)CC(F)(F)F. The zero-order chi connectivity index (χ0) is 22.3. The van der Waals surface area contributed by atoms with Gasteiger partial charge in [-0.15, -0.1) is 11.6 Å². The van der Waals surface area contributed by atoms with Crippen molar-refractivity contribution in [2.75, 3.05) is 57.2 Å². The minimum Gasteiger partial charge on any atom is -0.495 e. The van der Waals surface area contributed by atoms with Gasteiger partial charge in [0.05, 0.1) is 30.1 Å². The van der Waals surface area contributed by atoms with Crippen molar-refractivity contribution in [1.82, 2.24) is 9.91 Å². The van der Waals surface area contributed by atoms with Gasteiger partial charge in [0.1, 0.15) is 12.3 Å². The summed E-state index contributed by atoms with van der Waals surface area (Å²) in [6, 6.07) is 5.51. The molecular formula is C19H25Cl2F3N4O2. The maximum Gasteiger partial charge on any atom is 0.394 e. The highest BCUT2D eigenvalue weighted by atomic mass is 35.5. The molecule has 11 heteroatoms. The lowest BCUT2D eigenvalue weighted by atomic mass is 10.2. The van der Waals surface area contributed by atoms with Crippen LogP contribution in [0.3, 0.4) is 0 Å². The number of hydrogen-bond acceptors (Lipinski definition) is 5. The Morgan fingerprint density at radius 2 is 1.93 bits per heavy atom. The van der Waals surface area contributed by atoms with Crippen LogP contribution in [0.4, 0.5) is 18.9 Å². The molecule has 1 saturated heterocycles. The first-order valence-electron chi connectivity index (χ1n) is 9.47. The number of ether oxygens (including phenoxy) is 1. The standard InChI is InChI=1S/C19H25Cl2F3N4O2/c1-3-28(25-14(12-20)11-19(22,23)24)13-18(29)27-8-6-26(7-9-27)15-4-5-16(21)17(10-15)30-2/h4-5,10H,3,6-9,11-13H2,1-2H3/b25-14-. The molecule has 0 spiro atoms. The summed E-state index contributed by atoms with van der Waals surface area (Å²) in [5.74, 6) is 0.0564. The smallest absolute Gasteiger partial charge is 0.394 e. The molecule has 1 fully saturated rings. The van der Waals surface area contributed by atoms with E-state index in [-0.39, 0.29) is 24.0 Å². The number of anilines is 1. The number of halogens is 5. The van der Waals surface area contributed by atoms with E-state index in [0.717, 1.165) is 5.69 Å². The van der Waals surface area contributed by atoms with E-state index in [1.807, 2.05) is 12.1 Å². The highest BCUT2D eigenvalue weighted by Gasteiger charge is 2.30. The van der Waals surface area contributed by atoms with E-state index in [1.165, 1.54) is 5.01 Å². The maximum absolute atomic E-state index is 12.6. The van der Waals surface area contributed by atoms with E-state index in [2.05, 4.69) is 10.0 Å². The summed E-state index contributed by atoms with van der Waals surface area (Å²) in [6.45, 7) is 4.16. The number of rotatable bonds is 8. The van der Waals surface area contributed by atoms with E-state index < -0.39 is 12.6 Å². The molecule has 1 aliphatic heterocycles. The second-order valence-electron chi connectivity index (χ2n) is 6.76. The number of alkyl halides is 4. The van der Waals surface area contributed by atoms with Crippen LogP contribution >= 0.6 is 23.2 Å². The summed E-state index contributed by atoms with van der Waals surface area (Å²) >= 11 is 11.7. The van der Waals surface area contributed by atoms with Gasteiger partial charge in [0.25, 0.3) is 0 Å². The number of amides is 1. The quantitative estimate of drug-likeness (QED) is 0.330. The van der Waals surface area contributed by atoms with Gasteiger partial charge in [-0.2, -0.15) is 18.3 Å². The van der Waals surface area contributed by atoms with Crippen molar-refractivity contribution in [3.8, 4) is 5.75 Å². The highest BCUT2D eigenvalue weighted by Crippen LogP contribution is 2.29. The van der Waals surface area contributed by atoms with Gasteiger partial charge in [0, 0.05) is 44.5 Å². The third kappa shape index (κ3) is 7.12. The van der Waals surface area contributed by atoms with Crippen molar-refractivity contribution in [1.29, 1.82) is 0 Å². The second-order valence-corrected chi connectivity index (χ2v) is 7.43. The van der Waals surface area contributed by atoms with Crippen LogP contribution in [0.2, 0.25) is 5.02 Å². The fourth-order valence-corrected chi connectivity index (χ4v) is 3.42. The molecule has 0 N–H and O–H groups in total. The summed E-state index contributed by atoms with van der Waals surface area (Å²) in [5.41, 5.74) is 0.738. The number of carbonyl (C=O) groups is 1. The lowest BCUT2D eigenvalue weighted by Gasteiger charge is -2.37. The van der Waals surface area contributed by atoms with E-state index in [4.69, 9.17) is 27.9 Å². The number of carbonyl (C=O) groups excluding carboxylic acids is 1. The van der Waals surface area contributed by atoms with Crippen molar-refractivity contribution < 1.29 is 22.7 Å². The molecule has 1 amide bonds. The molecule has 0 unspecified atom stereocenters. The van der Waals surface area contributed by atoms with Gasteiger partial charge in [-0.05, 0) is 19.1 Å². The van der Waals surface area contributed by atoms with Gasteiger partial charge >= 0.3 is 6.18 Å². The van der Waals surface area contributed by atoms with Gasteiger partial charge in [0.15, 0.2) is 0 Å². The Balaban J connectivity index is 1.94. The molecule has 168 valence electrons. The van der Waals surface area contributed by atoms with E-state index in [9.17, 15) is 18.0 Å². The number of nitrogens with zero attached hydrogens (tertiary/aromatic N) is 4. The molecule has 30 heavy (non-hydrogen) atoms. The molecule has 1 aromatic rings. The minimum atomic E-state index is -4.39. The van der Waals surface area contributed by atoms with Gasteiger partial charge in [-0.1, -0.05) is 11.6 Å². The van der Waals surface area contributed by atoms with Crippen LogP contribution in [-0.4, -0.2) is 80.0 Å². The van der Waals surface area contributed by atoms with Crippen LogP contribution in [0.15, 0.2) is 23.3 Å². The Kier molecular flexibility index (Phi) is 8.91. The van der Waals surface area contributed by atoms with Crippen LogP contribution in [-0.2, 0) is 4.79 Å². The molecule has 1 aliphatic rings. The zero-order valence-corrected chi connectivity index (χ0v) is 18.4.